The molecule has 25 heavy (non-hydrogen) atoms. The second-order valence-electron chi connectivity index (χ2n) is 6.03. The quantitative estimate of drug-likeness (QED) is 0.794. The zero-order valence-electron chi connectivity index (χ0n) is 14.0. The van der Waals surface area contributed by atoms with Crippen LogP contribution in [0.2, 0.25) is 0 Å². The van der Waals surface area contributed by atoms with Gasteiger partial charge >= 0.3 is 0 Å². The molecule has 6 nitrogen and oxygen atoms in total. The smallest absolute Gasteiger partial charge is 0.226 e. The van der Waals surface area contributed by atoms with Gasteiger partial charge in [-0.2, -0.15) is 5.10 Å². The third kappa shape index (κ3) is 3.15. The van der Waals surface area contributed by atoms with Gasteiger partial charge < -0.3 is 14.8 Å². The van der Waals surface area contributed by atoms with Crippen molar-refractivity contribution in [1.29, 1.82) is 0 Å². The highest BCUT2D eigenvalue weighted by atomic mass is 16.6. The molecule has 1 amide bonds. The third-order valence-electron chi connectivity index (χ3n) is 4.28. The maximum atomic E-state index is 12.3. The van der Waals surface area contributed by atoms with E-state index in [2.05, 4.69) is 23.4 Å². The van der Waals surface area contributed by atoms with Crippen molar-refractivity contribution >= 4 is 22.5 Å². The van der Waals surface area contributed by atoms with Crippen molar-refractivity contribution in [3.05, 3.63) is 48.2 Å². The summed E-state index contributed by atoms with van der Waals surface area (Å²) in [6.07, 6.45) is 2.20. The molecule has 0 unspecified atom stereocenters. The topological polar surface area (TPSA) is 65.4 Å². The first-order valence-electron chi connectivity index (χ1n) is 8.31. The summed E-state index contributed by atoms with van der Waals surface area (Å²) in [5, 5.41) is 8.41. The summed E-state index contributed by atoms with van der Waals surface area (Å²) >= 11 is 0. The number of benzene rings is 2. The lowest BCUT2D eigenvalue weighted by molar-refractivity contribution is -0.116. The lowest BCUT2D eigenvalue weighted by Crippen LogP contribution is -2.17. The van der Waals surface area contributed by atoms with Gasteiger partial charge in [0.05, 0.1) is 18.3 Å². The first-order chi connectivity index (χ1) is 12.2. The molecule has 4 rings (SSSR count). The highest BCUT2D eigenvalue weighted by molar-refractivity contribution is 5.91. The van der Waals surface area contributed by atoms with Crippen LogP contribution in [0.15, 0.2) is 42.6 Å². The van der Waals surface area contributed by atoms with E-state index < -0.39 is 0 Å². The molecular weight excluding hydrogens is 318 g/mol. The van der Waals surface area contributed by atoms with E-state index in [0.29, 0.717) is 43.4 Å². The van der Waals surface area contributed by atoms with E-state index in [1.54, 1.807) is 6.07 Å². The minimum Gasteiger partial charge on any atom is -0.486 e. The fourth-order valence-corrected chi connectivity index (χ4v) is 2.98. The second kappa shape index (κ2) is 6.47. The van der Waals surface area contributed by atoms with E-state index in [-0.39, 0.29) is 5.91 Å². The summed E-state index contributed by atoms with van der Waals surface area (Å²) in [6.45, 7) is 3.67. The Hall–Kier alpha value is -3.02. The minimum atomic E-state index is -0.0621. The first-order valence-corrected chi connectivity index (χ1v) is 8.31. The molecule has 0 saturated carbocycles. The highest BCUT2D eigenvalue weighted by Gasteiger charge is 2.13. The van der Waals surface area contributed by atoms with E-state index >= 15 is 0 Å². The number of nitrogens with one attached hydrogen (secondary N) is 1. The van der Waals surface area contributed by atoms with E-state index in [1.165, 1.54) is 5.56 Å². The normalized spacial score (nSPS) is 13.0. The van der Waals surface area contributed by atoms with Crippen molar-refractivity contribution in [3.8, 4) is 11.5 Å². The van der Waals surface area contributed by atoms with Crippen molar-refractivity contribution < 1.29 is 14.3 Å². The van der Waals surface area contributed by atoms with Gasteiger partial charge in [-0.1, -0.05) is 12.1 Å². The third-order valence-corrected chi connectivity index (χ3v) is 4.28. The maximum absolute atomic E-state index is 12.3. The van der Waals surface area contributed by atoms with Crippen molar-refractivity contribution in [2.45, 2.75) is 19.9 Å². The summed E-state index contributed by atoms with van der Waals surface area (Å²) in [5.41, 5.74) is 2.94. The Morgan fingerprint density at radius 2 is 2.04 bits per heavy atom. The van der Waals surface area contributed by atoms with Crippen LogP contribution in [-0.4, -0.2) is 28.9 Å². The summed E-state index contributed by atoms with van der Waals surface area (Å²) in [7, 11) is 0. The summed E-state index contributed by atoms with van der Waals surface area (Å²) in [4.78, 5) is 12.3. The number of carbonyl (C=O) groups excluding carboxylic acids is 1. The predicted octanol–water partition coefficient (Wildman–Crippen LogP) is 3.14. The van der Waals surface area contributed by atoms with Gasteiger partial charge in [-0.05, 0) is 30.7 Å². The SMILES string of the molecule is Cc1cccc2c1cnn2CCC(=O)Nc1ccc2c(c1)OCCO2. The molecule has 1 aromatic heterocycles. The molecule has 0 radical (unpaired) electrons. The van der Waals surface area contributed by atoms with Crippen molar-refractivity contribution in [2.75, 3.05) is 18.5 Å². The average molecular weight is 337 g/mol. The van der Waals surface area contributed by atoms with Crippen LogP contribution in [0, 0.1) is 6.92 Å². The van der Waals surface area contributed by atoms with Crippen LogP contribution in [-0.2, 0) is 11.3 Å². The molecule has 0 atom stereocenters. The molecule has 1 aliphatic rings. The molecule has 0 fully saturated rings. The van der Waals surface area contributed by atoms with Gasteiger partial charge in [0.25, 0.3) is 0 Å². The Bertz CT molecular complexity index is 933. The summed E-state index contributed by atoms with van der Waals surface area (Å²) < 4.78 is 12.9. The van der Waals surface area contributed by atoms with Crippen molar-refractivity contribution in [2.24, 2.45) is 0 Å². The Balaban J connectivity index is 1.41. The molecule has 0 aliphatic carbocycles. The standard InChI is InChI=1S/C19H19N3O3/c1-13-3-2-4-16-15(13)12-20-22(16)8-7-19(23)21-14-5-6-17-18(11-14)25-10-9-24-17/h2-6,11-12H,7-10H2,1H3,(H,21,23). The molecule has 1 N–H and O–H groups in total. The van der Waals surface area contributed by atoms with Crippen LogP contribution < -0.4 is 14.8 Å². The Morgan fingerprint density at radius 1 is 1.20 bits per heavy atom. The average Bonchev–Trinajstić information content (AvgIpc) is 3.04. The van der Waals surface area contributed by atoms with Gasteiger partial charge in [0.1, 0.15) is 13.2 Å². The number of rotatable bonds is 4. The van der Waals surface area contributed by atoms with Crippen LogP contribution in [0.25, 0.3) is 10.9 Å². The number of anilines is 1. The number of ether oxygens (including phenoxy) is 2. The van der Waals surface area contributed by atoms with E-state index in [0.717, 1.165) is 10.9 Å². The number of aryl methyl sites for hydroxylation is 2. The zero-order valence-corrected chi connectivity index (χ0v) is 14.0. The van der Waals surface area contributed by atoms with Gasteiger partial charge in [-0.3, -0.25) is 9.48 Å². The second-order valence-corrected chi connectivity index (χ2v) is 6.03. The summed E-state index contributed by atoms with van der Waals surface area (Å²) in [5.74, 6) is 1.31. The van der Waals surface area contributed by atoms with Crippen LogP contribution in [0.4, 0.5) is 5.69 Å². The van der Waals surface area contributed by atoms with Crippen LogP contribution in [0.1, 0.15) is 12.0 Å². The molecule has 0 spiro atoms. The number of amides is 1. The molecule has 6 heteroatoms. The van der Waals surface area contributed by atoms with E-state index in [1.807, 2.05) is 35.1 Å². The minimum absolute atomic E-state index is 0.0621. The van der Waals surface area contributed by atoms with Crippen molar-refractivity contribution in [1.82, 2.24) is 9.78 Å². The Labute approximate surface area is 145 Å². The number of aromatic nitrogens is 2. The molecular formula is C19H19N3O3. The molecule has 0 bridgehead atoms. The number of hydrogen-bond donors (Lipinski definition) is 1. The number of fused-ring (bicyclic) bond motifs is 2. The highest BCUT2D eigenvalue weighted by Crippen LogP contribution is 2.32. The van der Waals surface area contributed by atoms with Gasteiger partial charge in [0, 0.05) is 23.6 Å². The Kier molecular flexibility index (Phi) is 4.01. The molecule has 1 aliphatic heterocycles. The predicted molar refractivity (Wildman–Crippen MR) is 95.1 cm³/mol. The van der Waals surface area contributed by atoms with Gasteiger partial charge in [0.15, 0.2) is 11.5 Å². The molecule has 3 aromatic rings. The van der Waals surface area contributed by atoms with E-state index in [9.17, 15) is 4.79 Å². The largest absolute Gasteiger partial charge is 0.486 e. The fourth-order valence-electron chi connectivity index (χ4n) is 2.98. The zero-order chi connectivity index (χ0) is 17.2. The van der Waals surface area contributed by atoms with Gasteiger partial charge in [-0.15, -0.1) is 0 Å². The van der Waals surface area contributed by atoms with E-state index in [4.69, 9.17) is 9.47 Å². The fraction of sp³-hybridized carbons (Fsp3) is 0.263. The molecule has 2 heterocycles. The van der Waals surface area contributed by atoms with Crippen LogP contribution >= 0.6 is 0 Å². The monoisotopic (exact) mass is 337 g/mol. The maximum Gasteiger partial charge on any atom is 0.226 e. The lowest BCUT2D eigenvalue weighted by Gasteiger charge is -2.19. The van der Waals surface area contributed by atoms with Crippen LogP contribution in [0.5, 0.6) is 11.5 Å². The molecule has 0 saturated heterocycles. The number of hydrogen-bond acceptors (Lipinski definition) is 4. The molecule has 128 valence electrons. The number of nitrogens with zero attached hydrogens (tertiary/aromatic N) is 2. The Morgan fingerprint density at radius 3 is 2.92 bits per heavy atom. The van der Waals surface area contributed by atoms with Gasteiger partial charge in [-0.25, -0.2) is 0 Å². The number of carbonyl (C=O) groups is 1. The summed E-state index contributed by atoms with van der Waals surface area (Å²) in [6, 6.07) is 11.5. The first kappa shape index (κ1) is 15.5. The van der Waals surface area contributed by atoms with Gasteiger partial charge in [0.2, 0.25) is 5.91 Å². The lowest BCUT2D eigenvalue weighted by atomic mass is 10.1. The molecule has 2 aromatic carbocycles. The van der Waals surface area contributed by atoms with Crippen molar-refractivity contribution in [3.63, 3.8) is 0 Å². The van der Waals surface area contributed by atoms with Crippen LogP contribution in [0.3, 0.4) is 0 Å².